The smallest absolute Gasteiger partial charge is 0.247 e. The molecule has 2 heterocycles. The highest BCUT2D eigenvalue weighted by Gasteiger charge is 2.39. The normalized spacial score (nSPS) is 25.0. The van der Waals surface area contributed by atoms with Gasteiger partial charge in [-0.15, -0.1) is 0 Å². The molecule has 0 bridgehead atoms. The molecule has 8 heteroatoms. The number of aliphatic imine (C=N–C) groups is 1. The van der Waals surface area contributed by atoms with Crippen LogP contribution < -0.4 is 5.32 Å². The lowest BCUT2D eigenvalue weighted by Gasteiger charge is -2.34. The van der Waals surface area contributed by atoms with Gasteiger partial charge in [0.15, 0.2) is 11.0 Å². The molecule has 23 heavy (non-hydrogen) atoms. The van der Waals surface area contributed by atoms with Gasteiger partial charge in [-0.3, -0.25) is 24.4 Å². The molecule has 1 N–H and O–H groups in total. The lowest BCUT2D eigenvalue weighted by molar-refractivity contribution is -0.139. The Hall–Kier alpha value is -1.38. The molecule has 0 radical (unpaired) electrons. The second-order valence-corrected chi connectivity index (χ2v) is 6.13. The molecule has 2 fully saturated rings. The summed E-state index contributed by atoms with van der Waals surface area (Å²) in [6.07, 6.45) is 2.22. The zero-order valence-corrected chi connectivity index (χ0v) is 14.5. The molecule has 0 unspecified atom stereocenters. The molecule has 0 aliphatic carbocycles. The summed E-state index contributed by atoms with van der Waals surface area (Å²) < 4.78 is 5.29. The van der Waals surface area contributed by atoms with Crippen LogP contribution in [0.1, 0.15) is 20.3 Å². The van der Waals surface area contributed by atoms with E-state index >= 15 is 0 Å². The van der Waals surface area contributed by atoms with Gasteiger partial charge in [-0.25, -0.2) is 0 Å². The summed E-state index contributed by atoms with van der Waals surface area (Å²) in [4.78, 5) is 32.5. The van der Waals surface area contributed by atoms with Crippen molar-refractivity contribution in [1.82, 2.24) is 15.1 Å². The van der Waals surface area contributed by atoms with E-state index in [0.29, 0.717) is 6.54 Å². The molecule has 2 amide bonds. The average Bonchev–Trinajstić information content (AvgIpc) is 2.54. The Morgan fingerprint density at radius 3 is 2.78 bits per heavy atom. The Labute approximate surface area is 142 Å². The van der Waals surface area contributed by atoms with Crippen molar-refractivity contribution in [3.05, 3.63) is 0 Å². The summed E-state index contributed by atoms with van der Waals surface area (Å²) in [6.45, 7) is 8.53. The fourth-order valence-corrected chi connectivity index (χ4v) is 2.91. The van der Waals surface area contributed by atoms with E-state index in [9.17, 15) is 9.59 Å². The largest absolute Gasteiger partial charge is 0.379 e. The molecule has 7 nitrogen and oxygen atoms in total. The third-order valence-electron chi connectivity index (χ3n) is 4.17. The van der Waals surface area contributed by atoms with Crippen LogP contribution in [0.15, 0.2) is 4.99 Å². The fourth-order valence-electron chi connectivity index (χ4n) is 2.54. The van der Waals surface area contributed by atoms with E-state index in [-0.39, 0.29) is 17.1 Å². The van der Waals surface area contributed by atoms with Crippen molar-refractivity contribution < 1.29 is 14.3 Å². The van der Waals surface area contributed by atoms with E-state index in [0.717, 1.165) is 39.3 Å². The number of thiocarbonyl (C=S) groups is 1. The van der Waals surface area contributed by atoms with Crippen LogP contribution in [0.4, 0.5) is 0 Å². The van der Waals surface area contributed by atoms with Crippen LogP contribution in [0.2, 0.25) is 0 Å². The van der Waals surface area contributed by atoms with Crippen LogP contribution in [0.25, 0.3) is 0 Å². The highest BCUT2D eigenvalue weighted by Crippen LogP contribution is 2.14. The van der Waals surface area contributed by atoms with Gasteiger partial charge < -0.3 is 10.1 Å². The molecule has 2 atom stereocenters. The molecule has 2 rings (SSSR count). The molecule has 0 saturated carbocycles. The summed E-state index contributed by atoms with van der Waals surface area (Å²) >= 11 is 5.11. The minimum Gasteiger partial charge on any atom is -0.379 e. The lowest BCUT2D eigenvalue weighted by Crippen LogP contribution is -2.60. The number of rotatable bonds is 6. The van der Waals surface area contributed by atoms with Gasteiger partial charge in [0.25, 0.3) is 0 Å². The number of carbonyl (C=O) groups is 2. The van der Waals surface area contributed by atoms with Crippen LogP contribution in [0.3, 0.4) is 0 Å². The van der Waals surface area contributed by atoms with Gasteiger partial charge in [0.2, 0.25) is 11.8 Å². The molecule has 128 valence electrons. The lowest BCUT2D eigenvalue weighted by atomic mass is 10.0. The Kier molecular flexibility index (Phi) is 6.61. The minimum absolute atomic E-state index is 0.0418. The zero-order valence-electron chi connectivity index (χ0n) is 13.7. The Morgan fingerprint density at radius 2 is 2.13 bits per heavy atom. The molecule has 2 aliphatic heterocycles. The first-order valence-electron chi connectivity index (χ1n) is 8.02. The first-order chi connectivity index (χ1) is 11.0. The number of nitrogens with zero attached hydrogens (tertiary/aromatic N) is 3. The zero-order chi connectivity index (χ0) is 16.8. The highest BCUT2D eigenvalue weighted by molar-refractivity contribution is 7.80. The molecular formula is C15H24N4O3S. The van der Waals surface area contributed by atoms with Gasteiger partial charge in [0, 0.05) is 31.9 Å². The quantitative estimate of drug-likeness (QED) is 0.420. The van der Waals surface area contributed by atoms with Crippen molar-refractivity contribution in [3.63, 3.8) is 0 Å². The van der Waals surface area contributed by atoms with Gasteiger partial charge in [-0.05, 0) is 25.6 Å². The van der Waals surface area contributed by atoms with Gasteiger partial charge in [-0.1, -0.05) is 6.92 Å². The topological polar surface area (TPSA) is 74.2 Å². The highest BCUT2D eigenvalue weighted by atomic mass is 32.1. The Balaban J connectivity index is 1.91. The van der Waals surface area contributed by atoms with E-state index in [4.69, 9.17) is 17.0 Å². The maximum Gasteiger partial charge on any atom is 0.247 e. The molecule has 0 aromatic rings. The van der Waals surface area contributed by atoms with Crippen LogP contribution in [-0.4, -0.2) is 78.4 Å². The second-order valence-electron chi connectivity index (χ2n) is 5.75. The number of amides is 2. The number of morpholine rings is 1. The predicted molar refractivity (Wildman–Crippen MR) is 91.4 cm³/mol. The minimum atomic E-state index is -0.889. The fraction of sp³-hybridized carbons (Fsp3) is 0.733. The summed E-state index contributed by atoms with van der Waals surface area (Å²) in [7, 11) is 0. The van der Waals surface area contributed by atoms with Gasteiger partial charge in [0.05, 0.1) is 19.8 Å². The van der Waals surface area contributed by atoms with Crippen molar-refractivity contribution in [2.45, 2.75) is 26.3 Å². The monoisotopic (exact) mass is 340 g/mol. The summed E-state index contributed by atoms with van der Waals surface area (Å²) in [5, 5.41) is 2.78. The summed E-state index contributed by atoms with van der Waals surface area (Å²) in [5.41, 5.74) is 0. The number of carbonyl (C=O) groups excluding carboxylic acids is 2. The predicted octanol–water partition coefficient (Wildman–Crippen LogP) is 0.0474. The second kappa shape index (κ2) is 8.47. The maximum absolute atomic E-state index is 12.5. The Morgan fingerprint density at radius 1 is 1.43 bits per heavy atom. The SMILES string of the molecule is CC[C@@H](C)N1C(=O)[C@@H](C=NCCN2CCOCC2)C(=O)NC1=S. The number of hydrogen-bond acceptors (Lipinski definition) is 6. The van der Waals surface area contributed by atoms with Crippen molar-refractivity contribution in [3.8, 4) is 0 Å². The van der Waals surface area contributed by atoms with Gasteiger partial charge >= 0.3 is 0 Å². The van der Waals surface area contributed by atoms with Crippen LogP contribution in [0.5, 0.6) is 0 Å². The van der Waals surface area contributed by atoms with E-state index < -0.39 is 11.8 Å². The standard InChI is InChI=1S/C15H24N4O3S/c1-3-11(2)19-14(21)12(13(20)17-15(19)23)10-16-4-5-18-6-8-22-9-7-18/h10-12H,3-9H2,1-2H3,(H,17,20,23)/t11-,12+/m1/s1. The summed E-state index contributed by atoms with van der Waals surface area (Å²) in [5.74, 6) is -1.57. The number of nitrogens with one attached hydrogen (secondary N) is 1. The maximum atomic E-state index is 12.5. The number of ether oxygens (including phenoxy) is 1. The third-order valence-corrected chi connectivity index (χ3v) is 4.47. The van der Waals surface area contributed by atoms with Crippen molar-refractivity contribution in [1.29, 1.82) is 0 Å². The first-order valence-corrected chi connectivity index (χ1v) is 8.43. The van der Waals surface area contributed by atoms with Crippen LogP contribution >= 0.6 is 12.2 Å². The van der Waals surface area contributed by atoms with Crippen molar-refractivity contribution >= 4 is 35.4 Å². The average molecular weight is 340 g/mol. The molecule has 2 saturated heterocycles. The first kappa shape index (κ1) is 18.0. The summed E-state index contributed by atoms with van der Waals surface area (Å²) in [6, 6.07) is -0.0418. The third kappa shape index (κ3) is 4.55. The van der Waals surface area contributed by atoms with Crippen LogP contribution in [0, 0.1) is 5.92 Å². The number of hydrogen-bond donors (Lipinski definition) is 1. The molecule has 2 aliphatic rings. The van der Waals surface area contributed by atoms with E-state index in [1.165, 1.54) is 11.1 Å². The molecule has 0 aromatic carbocycles. The van der Waals surface area contributed by atoms with Gasteiger partial charge in [0.1, 0.15) is 0 Å². The van der Waals surface area contributed by atoms with E-state index in [1.54, 1.807) is 0 Å². The Bertz CT molecular complexity index is 491. The van der Waals surface area contributed by atoms with Crippen LogP contribution in [-0.2, 0) is 14.3 Å². The molecule has 0 spiro atoms. The molecule has 0 aromatic heterocycles. The van der Waals surface area contributed by atoms with E-state index in [1.807, 2.05) is 13.8 Å². The van der Waals surface area contributed by atoms with E-state index in [2.05, 4.69) is 15.2 Å². The molecular weight excluding hydrogens is 316 g/mol. The van der Waals surface area contributed by atoms with Gasteiger partial charge in [-0.2, -0.15) is 0 Å². The van der Waals surface area contributed by atoms with Crippen molar-refractivity contribution in [2.75, 3.05) is 39.4 Å². The van der Waals surface area contributed by atoms with Crippen molar-refractivity contribution in [2.24, 2.45) is 10.9 Å².